The highest BCUT2D eigenvalue weighted by molar-refractivity contribution is 5.95. The van der Waals surface area contributed by atoms with E-state index in [2.05, 4.69) is 31.1 Å². The molecule has 182 valence electrons. The molecule has 10 heteroatoms. The number of nitrogens with zero attached hydrogens (tertiary/aromatic N) is 7. The Morgan fingerprint density at radius 2 is 1.97 bits per heavy atom. The van der Waals surface area contributed by atoms with Crippen LogP contribution in [0.4, 0.5) is 5.82 Å². The van der Waals surface area contributed by atoms with Gasteiger partial charge >= 0.3 is 0 Å². The number of aryl methyl sites for hydroxylation is 1. The van der Waals surface area contributed by atoms with E-state index in [4.69, 9.17) is 9.84 Å². The maximum Gasteiger partial charge on any atom is 0.275 e. The van der Waals surface area contributed by atoms with Gasteiger partial charge in [0.2, 0.25) is 0 Å². The van der Waals surface area contributed by atoms with E-state index in [9.17, 15) is 4.79 Å². The van der Waals surface area contributed by atoms with Gasteiger partial charge < -0.3 is 15.0 Å². The van der Waals surface area contributed by atoms with Crippen LogP contribution in [-0.4, -0.2) is 67.6 Å². The molecule has 1 amide bonds. The standard InChI is InChI=1S/C25H30N8O2/c1-26-22-12-20-19(14-28-22)23(16-13-29-32(4)15-16)30-33(20)17-7-9-18(10-8-17)35-21-6-5-11-27-24(21)25(34)31(2)3/h5-6,11-15,17-18H,7-10H2,1-4H3,(H,26,28). The lowest BCUT2D eigenvalue weighted by atomic mass is 9.93. The predicted molar refractivity (Wildman–Crippen MR) is 133 cm³/mol. The first-order chi connectivity index (χ1) is 16.9. The molecule has 0 spiro atoms. The van der Waals surface area contributed by atoms with Gasteiger partial charge in [0.25, 0.3) is 5.91 Å². The van der Waals surface area contributed by atoms with Crippen molar-refractivity contribution in [3.63, 3.8) is 0 Å². The molecule has 1 fully saturated rings. The molecule has 1 N–H and O–H groups in total. The number of carbonyl (C=O) groups is 1. The third-order valence-electron chi connectivity index (χ3n) is 6.49. The zero-order valence-electron chi connectivity index (χ0n) is 20.5. The zero-order chi connectivity index (χ0) is 24.5. The molecule has 35 heavy (non-hydrogen) atoms. The molecule has 1 saturated carbocycles. The van der Waals surface area contributed by atoms with E-state index in [0.29, 0.717) is 11.4 Å². The van der Waals surface area contributed by atoms with Crippen molar-refractivity contribution in [2.45, 2.75) is 37.8 Å². The smallest absolute Gasteiger partial charge is 0.275 e. The maximum atomic E-state index is 12.5. The summed E-state index contributed by atoms with van der Waals surface area (Å²) in [6.07, 6.45) is 10.9. The molecule has 0 radical (unpaired) electrons. The number of carbonyl (C=O) groups excluding carboxylic acids is 1. The summed E-state index contributed by atoms with van der Waals surface area (Å²) in [7, 11) is 7.21. The van der Waals surface area contributed by atoms with Crippen LogP contribution in [0.5, 0.6) is 5.75 Å². The minimum atomic E-state index is -0.158. The Morgan fingerprint density at radius 1 is 1.17 bits per heavy atom. The van der Waals surface area contributed by atoms with Crippen molar-refractivity contribution in [2.24, 2.45) is 7.05 Å². The average Bonchev–Trinajstić information content (AvgIpc) is 3.47. The summed E-state index contributed by atoms with van der Waals surface area (Å²) in [5.74, 6) is 1.19. The Balaban J connectivity index is 1.38. The largest absolute Gasteiger partial charge is 0.488 e. The first kappa shape index (κ1) is 22.8. The van der Waals surface area contributed by atoms with E-state index in [1.54, 1.807) is 31.0 Å². The van der Waals surface area contributed by atoms with Gasteiger partial charge in [0.05, 0.1) is 23.9 Å². The molecule has 4 heterocycles. The summed E-state index contributed by atoms with van der Waals surface area (Å²) < 4.78 is 10.2. The SMILES string of the molecule is CNc1cc2c(cn1)c(-c1cnn(C)c1)nn2C1CCC(Oc2cccnc2C(=O)N(C)C)CC1. The number of rotatable bonds is 6. The zero-order valence-corrected chi connectivity index (χ0v) is 20.5. The molecular weight excluding hydrogens is 444 g/mol. The molecular formula is C25H30N8O2. The second-order valence-electron chi connectivity index (χ2n) is 9.13. The van der Waals surface area contributed by atoms with Crippen molar-refractivity contribution in [3.05, 3.63) is 48.7 Å². The number of nitrogens with one attached hydrogen (secondary N) is 1. The summed E-state index contributed by atoms with van der Waals surface area (Å²) >= 11 is 0. The van der Waals surface area contributed by atoms with Crippen LogP contribution >= 0.6 is 0 Å². The highest BCUT2D eigenvalue weighted by Gasteiger charge is 2.28. The van der Waals surface area contributed by atoms with Crippen molar-refractivity contribution < 1.29 is 9.53 Å². The fraction of sp³-hybridized carbons (Fsp3) is 0.400. The first-order valence-electron chi connectivity index (χ1n) is 11.8. The van der Waals surface area contributed by atoms with Crippen LogP contribution in [0.2, 0.25) is 0 Å². The van der Waals surface area contributed by atoms with Crippen LogP contribution < -0.4 is 10.1 Å². The molecule has 0 saturated heterocycles. The first-order valence-corrected chi connectivity index (χ1v) is 11.8. The molecule has 4 aromatic heterocycles. The van der Waals surface area contributed by atoms with Crippen LogP contribution in [0.1, 0.15) is 42.2 Å². The van der Waals surface area contributed by atoms with Crippen molar-refractivity contribution in [3.8, 4) is 17.0 Å². The lowest BCUT2D eigenvalue weighted by Gasteiger charge is -2.30. The second-order valence-corrected chi connectivity index (χ2v) is 9.13. The van der Waals surface area contributed by atoms with Crippen LogP contribution in [0.25, 0.3) is 22.2 Å². The second kappa shape index (κ2) is 9.36. The van der Waals surface area contributed by atoms with Gasteiger partial charge in [0, 0.05) is 63.8 Å². The number of ether oxygens (including phenoxy) is 1. The third kappa shape index (κ3) is 4.43. The molecule has 0 bridgehead atoms. The molecule has 1 aliphatic carbocycles. The van der Waals surface area contributed by atoms with Crippen LogP contribution in [0.15, 0.2) is 43.0 Å². The van der Waals surface area contributed by atoms with E-state index in [1.165, 1.54) is 4.90 Å². The van der Waals surface area contributed by atoms with E-state index >= 15 is 0 Å². The summed E-state index contributed by atoms with van der Waals surface area (Å²) in [5, 5.41) is 13.5. The van der Waals surface area contributed by atoms with Crippen molar-refractivity contribution in [1.29, 1.82) is 0 Å². The van der Waals surface area contributed by atoms with Crippen LogP contribution in [0, 0.1) is 0 Å². The van der Waals surface area contributed by atoms with Crippen molar-refractivity contribution in [2.75, 3.05) is 26.5 Å². The predicted octanol–water partition coefficient (Wildman–Crippen LogP) is 3.53. The number of anilines is 1. The highest BCUT2D eigenvalue weighted by atomic mass is 16.5. The summed E-state index contributed by atoms with van der Waals surface area (Å²) in [4.78, 5) is 22.8. The summed E-state index contributed by atoms with van der Waals surface area (Å²) in [6, 6.07) is 5.92. The summed E-state index contributed by atoms with van der Waals surface area (Å²) in [6.45, 7) is 0. The van der Waals surface area contributed by atoms with Gasteiger partial charge in [0.1, 0.15) is 11.5 Å². The van der Waals surface area contributed by atoms with Crippen LogP contribution in [-0.2, 0) is 7.05 Å². The molecule has 5 rings (SSSR count). The minimum Gasteiger partial charge on any atom is -0.488 e. The van der Waals surface area contributed by atoms with E-state index < -0.39 is 0 Å². The van der Waals surface area contributed by atoms with Gasteiger partial charge in [-0.3, -0.25) is 14.2 Å². The van der Waals surface area contributed by atoms with Crippen molar-refractivity contribution >= 4 is 22.6 Å². The molecule has 0 unspecified atom stereocenters. The Morgan fingerprint density at radius 3 is 2.66 bits per heavy atom. The van der Waals surface area contributed by atoms with Gasteiger partial charge in [-0.25, -0.2) is 9.97 Å². The Hall–Kier alpha value is -3.95. The maximum absolute atomic E-state index is 12.5. The quantitative estimate of drug-likeness (QED) is 0.456. The van der Waals surface area contributed by atoms with Gasteiger partial charge in [-0.05, 0) is 37.8 Å². The fourth-order valence-corrected chi connectivity index (χ4v) is 4.65. The van der Waals surface area contributed by atoms with E-state index in [-0.39, 0.29) is 18.1 Å². The summed E-state index contributed by atoms with van der Waals surface area (Å²) in [5.41, 5.74) is 3.27. The Labute approximate surface area is 203 Å². The number of pyridine rings is 2. The normalized spacial score (nSPS) is 17.9. The number of hydrogen-bond donors (Lipinski definition) is 1. The van der Waals surface area contributed by atoms with Crippen LogP contribution in [0.3, 0.4) is 0 Å². The molecule has 0 aromatic carbocycles. The lowest BCUT2D eigenvalue weighted by Crippen LogP contribution is -2.28. The van der Waals surface area contributed by atoms with Gasteiger partial charge in [0.15, 0.2) is 11.4 Å². The molecule has 10 nitrogen and oxygen atoms in total. The number of aromatic nitrogens is 6. The average molecular weight is 475 g/mol. The molecule has 4 aromatic rings. The number of hydrogen-bond acceptors (Lipinski definition) is 7. The lowest BCUT2D eigenvalue weighted by molar-refractivity contribution is 0.0805. The fourth-order valence-electron chi connectivity index (χ4n) is 4.65. The van der Waals surface area contributed by atoms with E-state index in [0.717, 1.165) is 53.7 Å². The monoisotopic (exact) mass is 474 g/mol. The van der Waals surface area contributed by atoms with Gasteiger partial charge in [-0.1, -0.05) is 0 Å². The number of fused-ring (bicyclic) bond motifs is 1. The molecule has 1 aliphatic rings. The highest BCUT2D eigenvalue weighted by Crippen LogP contribution is 2.36. The molecule has 0 aliphatic heterocycles. The van der Waals surface area contributed by atoms with Gasteiger partial charge in [-0.2, -0.15) is 10.2 Å². The Bertz CT molecular complexity index is 1350. The van der Waals surface area contributed by atoms with Crippen molar-refractivity contribution in [1.82, 2.24) is 34.4 Å². The number of amides is 1. The minimum absolute atomic E-state index is 0.0262. The topological polar surface area (TPSA) is 103 Å². The Kier molecular flexibility index (Phi) is 6.10. The van der Waals surface area contributed by atoms with E-state index in [1.807, 2.05) is 38.8 Å². The van der Waals surface area contributed by atoms with Gasteiger partial charge in [-0.15, -0.1) is 0 Å². The third-order valence-corrected chi connectivity index (χ3v) is 6.49. The molecule has 0 atom stereocenters.